The van der Waals surface area contributed by atoms with Crippen LogP contribution in [0.4, 0.5) is 0 Å². The van der Waals surface area contributed by atoms with Crippen LogP contribution >= 0.6 is 0 Å². The first-order valence-electron chi connectivity index (χ1n) is 5.17. The van der Waals surface area contributed by atoms with Gasteiger partial charge in [0.1, 0.15) is 5.69 Å². The Morgan fingerprint density at radius 1 is 1.62 bits per heavy atom. The van der Waals surface area contributed by atoms with Crippen molar-refractivity contribution in [3.05, 3.63) is 28.4 Å². The van der Waals surface area contributed by atoms with Gasteiger partial charge in [-0.3, -0.25) is 9.59 Å². The molecular formula is C10H14N4O2. The van der Waals surface area contributed by atoms with Crippen molar-refractivity contribution in [2.24, 2.45) is 11.7 Å². The van der Waals surface area contributed by atoms with Crippen molar-refractivity contribution in [3.8, 4) is 0 Å². The zero-order valence-electron chi connectivity index (χ0n) is 9.01. The largest absolute Gasteiger partial charge is 0.335 e. The highest BCUT2D eigenvalue weighted by molar-refractivity contribution is 5.92. The summed E-state index contributed by atoms with van der Waals surface area (Å²) in [5.41, 5.74) is 5.77. The quantitative estimate of drug-likeness (QED) is 0.650. The molecule has 1 aliphatic rings. The number of carbonyl (C=O) groups excluding carboxylic acids is 1. The van der Waals surface area contributed by atoms with E-state index in [1.807, 2.05) is 6.92 Å². The molecule has 0 spiro atoms. The molecule has 3 N–H and O–H groups in total. The molecule has 0 radical (unpaired) electrons. The van der Waals surface area contributed by atoms with E-state index in [0.29, 0.717) is 19.0 Å². The smallest absolute Gasteiger partial charge is 0.274 e. The fourth-order valence-electron chi connectivity index (χ4n) is 1.78. The molecule has 1 aromatic rings. The van der Waals surface area contributed by atoms with Crippen LogP contribution in [0, 0.1) is 5.92 Å². The lowest BCUT2D eigenvalue weighted by Gasteiger charge is -2.14. The Bertz CT molecular complexity index is 426. The summed E-state index contributed by atoms with van der Waals surface area (Å²) in [4.78, 5) is 30.6. The van der Waals surface area contributed by atoms with Gasteiger partial charge < -0.3 is 15.6 Å². The summed E-state index contributed by atoms with van der Waals surface area (Å²) in [5.74, 6) is 0.114. The maximum absolute atomic E-state index is 11.9. The van der Waals surface area contributed by atoms with E-state index < -0.39 is 0 Å². The molecule has 1 amide bonds. The Morgan fingerprint density at radius 3 is 2.88 bits per heavy atom. The highest BCUT2D eigenvalue weighted by Crippen LogP contribution is 2.15. The van der Waals surface area contributed by atoms with Crippen molar-refractivity contribution in [3.63, 3.8) is 0 Å². The third-order valence-electron chi connectivity index (χ3n) is 2.85. The zero-order chi connectivity index (χ0) is 11.7. The van der Waals surface area contributed by atoms with E-state index in [-0.39, 0.29) is 23.2 Å². The van der Waals surface area contributed by atoms with E-state index in [0.717, 1.165) is 6.20 Å². The van der Waals surface area contributed by atoms with Crippen molar-refractivity contribution >= 4 is 5.91 Å². The van der Waals surface area contributed by atoms with Crippen molar-refractivity contribution in [1.29, 1.82) is 0 Å². The van der Waals surface area contributed by atoms with Crippen LogP contribution in [0.15, 0.2) is 17.2 Å². The number of likely N-dealkylation sites (tertiary alicyclic amines) is 1. The predicted octanol–water partition coefficient (Wildman–Crippen LogP) is -0.811. The first kappa shape index (κ1) is 10.8. The van der Waals surface area contributed by atoms with E-state index in [1.54, 1.807) is 4.90 Å². The molecular weight excluding hydrogens is 208 g/mol. The number of aromatic amines is 1. The molecule has 16 heavy (non-hydrogen) atoms. The van der Waals surface area contributed by atoms with Gasteiger partial charge >= 0.3 is 0 Å². The number of hydrogen-bond donors (Lipinski definition) is 2. The first-order chi connectivity index (χ1) is 7.58. The third kappa shape index (κ3) is 1.96. The Kier molecular flexibility index (Phi) is 2.74. The number of nitrogens with two attached hydrogens (primary N) is 1. The molecule has 6 heteroatoms. The number of rotatable bonds is 1. The van der Waals surface area contributed by atoms with Gasteiger partial charge in [-0.05, 0) is 5.92 Å². The SMILES string of the molecule is CC1CN(C(=O)c2c[nH]c(=O)cn2)CC1N. The molecule has 1 aromatic heterocycles. The molecule has 2 rings (SSSR count). The lowest BCUT2D eigenvalue weighted by Crippen LogP contribution is -2.33. The number of H-pyrrole nitrogens is 1. The number of carbonyl (C=O) groups is 1. The van der Waals surface area contributed by atoms with Gasteiger partial charge in [-0.2, -0.15) is 0 Å². The monoisotopic (exact) mass is 222 g/mol. The number of hydrogen-bond acceptors (Lipinski definition) is 4. The Hall–Kier alpha value is -1.69. The van der Waals surface area contributed by atoms with Crippen LogP contribution in [0.2, 0.25) is 0 Å². The summed E-state index contributed by atoms with van der Waals surface area (Å²) < 4.78 is 0. The standard InChI is InChI=1S/C10H14N4O2/c1-6-4-14(5-7(6)11)10(16)8-2-13-9(15)3-12-8/h2-3,6-7H,4-5,11H2,1H3,(H,13,15). The fourth-order valence-corrected chi connectivity index (χ4v) is 1.78. The van der Waals surface area contributed by atoms with E-state index >= 15 is 0 Å². The molecule has 0 aromatic carbocycles. The number of nitrogens with zero attached hydrogens (tertiary/aromatic N) is 2. The van der Waals surface area contributed by atoms with Crippen molar-refractivity contribution in [2.45, 2.75) is 13.0 Å². The van der Waals surface area contributed by atoms with Crippen LogP contribution in [-0.2, 0) is 0 Å². The molecule has 6 nitrogen and oxygen atoms in total. The minimum atomic E-state index is -0.317. The maximum Gasteiger partial charge on any atom is 0.274 e. The second-order valence-electron chi connectivity index (χ2n) is 4.15. The van der Waals surface area contributed by atoms with Crippen LogP contribution in [0.1, 0.15) is 17.4 Å². The van der Waals surface area contributed by atoms with Crippen LogP contribution < -0.4 is 11.3 Å². The predicted molar refractivity (Wildman–Crippen MR) is 57.9 cm³/mol. The Balaban J connectivity index is 2.14. The summed E-state index contributed by atoms with van der Waals surface area (Å²) in [5, 5.41) is 0. The van der Waals surface area contributed by atoms with Crippen LogP contribution in [0.25, 0.3) is 0 Å². The molecule has 2 unspecified atom stereocenters. The maximum atomic E-state index is 11.9. The molecule has 1 saturated heterocycles. The molecule has 0 aliphatic carbocycles. The van der Waals surface area contributed by atoms with Gasteiger partial charge in [0, 0.05) is 25.3 Å². The minimum Gasteiger partial charge on any atom is -0.335 e. The molecule has 2 heterocycles. The lowest BCUT2D eigenvalue weighted by molar-refractivity contribution is 0.0780. The van der Waals surface area contributed by atoms with Crippen molar-refractivity contribution < 1.29 is 4.79 Å². The van der Waals surface area contributed by atoms with Gasteiger partial charge in [0.15, 0.2) is 0 Å². The summed E-state index contributed by atoms with van der Waals surface area (Å²) in [7, 11) is 0. The zero-order valence-corrected chi connectivity index (χ0v) is 9.01. The summed E-state index contributed by atoms with van der Waals surface area (Å²) in [6.45, 7) is 3.19. The Morgan fingerprint density at radius 2 is 2.38 bits per heavy atom. The third-order valence-corrected chi connectivity index (χ3v) is 2.85. The molecule has 1 fully saturated rings. The molecule has 1 aliphatic heterocycles. The second-order valence-corrected chi connectivity index (χ2v) is 4.15. The van der Waals surface area contributed by atoms with Gasteiger partial charge in [-0.15, -0.1) is 0 Å². The fraction of sp³-hybridized carbons (Fsp3) is 0.500. The van der Waals surface area contributed by atoms with Crippen LogP contribution in [0.5, 0.6) is 0 Å². The molecule has 0 saturated carbocycles. The summed E-state index contributed by atoms with van der Waals surface area (Å²) >= 11 is 0. The highest BCUT2D eigenvalue weighted by atomic mass is 16.2. The normalized spacial score (nSPS) is 24.8. The van der Waals surface area contributed by atoms with Gasteiger partial charge in [0.2, 0.25) is 0 Å². The highest BCUT2D eigenvalue weighted by Gasteiger charge is 2.30. The van der Waals surface area contributed by atoms with E-state index in [2.05, 4.69) is 9.97 Å². The molecule has 86 valence electrons. The van der Waals surface area contributed by atoms with Crippen LogP contribution in [-0.4, -0.2) is 39.9 Å². The second kappa shape index (κ2) is 4.05. The minimum absolute atomic E-state index is 0.0201. The Labute approximate surface area is 92.5 Å². The average molecular weight is 222 g/mol. The lowest BCUT2D eigenvalue weighted by atomic mass is 10.1. The average Bonchev–Trinajstić information content (AvgIpc) is 2.59. The van der Waals surface area contributed by atoms with E-state index in [1.165, 1.54) is 6.20 Å². The van der Waals surface area contributed by atoms with E-state index in [9.17, 15) is 9.59 Å². The summed E-state index contributed by atoms with van der Waals surface area (Å²) in [6, 6.07) is 0.0201. The van der Waals surface area contributed by atoms with Gasteiger partial charge in [-0.25, -0.2) is 4.98 Å². The van der Waals surface area contributed by atoms with Crippen LogP contribution in [0.3, 0.4) is 0 Å². The van der Waals surface area contributed by atoms with Crippen molar-refractivity contribution in [1.82, 2.24) is 14.9 Å². The van der Waals surface area contributed by atoms with Gasteiger partial charge in [0.25, 0.3) is 11.5 Å². The molecule has 2 atom stereocenters. The van der Waals surface area contributed by atoms with Crippen molar-refractivity contribution in [2.75, 3.05) is 13.1 Å². The number of nitrogens with one attached hydrogen (secondary N) is 1. The molecule has 0 bridgehead atoms. The van der Waals surface area contributed by atoms with E-state index in [4.69, 9.17) is 5.73 Å². The van der Waals surface area contributed by atoms with Gasteiger partial charge in [0.05, 0.1) is 6.20 Å². The topological polar surface area (TPSA) is 92.1 Å². The first-order valence-corrected chi connectivity index (χ1v) is 5.17. The summed E-state index contributed by atoms with van der Waals surface area (Å²) in [6.07, 6.45) is 2.44. The number of aromatic nitrogens is 2. The number of amides is 1. The van der Waals surface area contributed by atoms with Gasteiger partial charge in [-0.1, -0.05) is 6.92 Å².